The number of rotatable bonds is 6. The zero-order valence-electron chi connectivity index (χ0n) is 12.9. The lowest BCUT2D eigenvalue weighted by molar-refractivity contribution is -0.142. The van der Waals surface area contributed by atoms with Gasteiger partial charge < -0.3 is 15.4 Å². The number of ether oxygens (including phenoxy) is 1. The van der Waals surface area contributed by atoms with Crippen LogP contribution in [-0.4, -0.2) is 37.2 Å². The predicted molar refractivity (Wildman–Crippen MR) is 86.9 cm³/mol. The minimum absolute atomic E-state index is 0.403. The van der Waals surface area contributed by atoms with Gasteiger partial charge in [-0.2, -0.15) is 11.8 Å². The van der Waals surface area contributed by atoms with E-state index in [0.717, 1.165) is 22.6 Å². The van der Waals surface area contributed by atoms with E-state index in [1.54, 1.807) is 11.8 Å². The van der Waals surface area contributed by atoms with E-state index in [1.165, 1.54) is 7.11 Å². The molecule has 0 aliphatic heterocycles. The van der Waals surface area contributed by atoms with Crippen LogP contribution in [0.3, 0.4) is 0 Å². The van der Waals surface area contributed by atoms with Gasteiger partial charge in [0.15, 0.2) is 0 Å². The van der Waals surface area contributed by atoms with Crippen molar-refractivity contribution < 1.29 is 14.3 Å². The molecular weight excluding hydrogens is 288 g/mol. The van der Waals surface area contributed by atoms with Crippen LogP contribution in [0, 0.1) is 13.8 Å². The molecule has 5 nitrogen and oxygen atoms in total. The van der Waals surface area contributed by atoms with Gasteiger partial charge in [-0.25, -0.2) is 9.59 Å². The summed E-state index contributed by atoms with van der Waals surface area (Å²) < 4.78 is 4.71. The Morgan fingerprint density at radius 1 is 1.33 bits per heavy atom. The molecule has 0 radical (unpaired) electrons. The van der Waals surface area contributed by atoms with Crippen LogP contribution in [0.5, 0.6) is 0 Å². The molecule has 0 unspecified atom stereocenters. The van der Waals surface area contributed by atoms with Crippen LogP contribution in [0.25, 0.3) is 0 Å². The van der Waals surface area contributed by atoms with E-state index in [2.05, 4.69) is 10.6 Å². The van der Waals surface area contributed by atoms with Crippen molar-refractivity contribution in [3.63, 3.8) is 0 Å². The standard InChI is InChI=1S/C15H22N2O3S/c1-10-6-5-7-12(11(10)2)16-15(19)17-13(8-9-21-4)14(18)20-3/h5-7,13H,8-9H2,1-4H3,(H2,16,17,19)/t13-/m1/s1. The van der Waals surface area contributed by atoms with Crippen molar-refractivity contribution in [3.8, 4) is 0 Å². The molecule has 21 heavy (non-hydrogen) atoms. The summed E-state index contributed by atoms with van der Waals surface area (Å²) in [5, 5.41) is 5.43. The van der Waals surface area contributed by atoms with Crippen molar-refractivity contribution >= 4 is 29.4 Å². The van der Waals surface area contributed by atoms with Crippen molar-refractivity contribution in [3.05, 3.63) is 29.3 Å². The van der Waals surface area contributed by atoms with E-state index in [9.17, 15) is 9.59 Å². The van der Waals surface area contributed by atoms with Gasteiger partial charge in [0.25, 0.3) is 0 Å². The van der Waals surface area contributed by atoms with E-state index in [4.69, 9.17) is 4.74 Å². The van der Waals surface area contributed by atoms with Crippen molar-refractivity contribution in [1.29, 1.82) is 0 Å². The molecule has 0 saturated carbocycles. The Kier molecular flexibility index (Phi) is 7.08. The Hall–Kier alpha value is -1.69. The van der Waals surface area contributed by atoms with Gasteiger partial charge in [0.2, 0.25) is 0 Å². The third-order valence-electron chi connectivity index (χ3n) is 3.25. The van der Waals surface area contributed by atoms with Crippen LogP contribution in [0.2, 0.25) is 0 Å². The maximum absolute atomic E-state index is 12.0. The lowest BCUT2D eigenvalue weighted by Crippen LogP contribution is -2.44. The highest BCUT2D eigenvalue weighted by molar-refractivity contribution is 7.98. The van der Waals surface area contributed by atoms with Gasteiger partial charge in [0.05, 0.1) is 7.11 Å². The fourth-order valence-electron chi connectivity index (χ4n) is 1.83. The van der Waals surface area contributed by atoms with E-state index < -0.39 is 18.0 Å². The number of carbonyl (C=O) groups excluding carboxylic acids is 2. The number of hydrogen-bond acceptors (Lipinski definition) is 4. The van der Waals surface area contributed by atoms with Gasteiger partial charge in [-0.05, 0) is 49.5 Å². The molecule has 116 valence electrons. The third-order valence-corrected chi connectivity index (χ3v) is 3.90. The molecule has 1 aromatic rings. The van der Waals surface area contributed by atoms with E-state index in [0.29, 0.717) is 6.42 Å². The molecule has 1 rings (SSSR count). The quantitative estimate of drug-likeness (QED) is 0.793. The Balaban J connectivity index is 2.69. The lowest BCUT2D eigenvalue weighted by atomic mass is 10.1. The SMILES string of the molecule is COC(=O)[C@@H](CCSC)NC(=O)Nc1cccc(C)c1C. The largest absolute Gasteiger partial charge is 0.467 e. The molecule has 2 amide bonds. The first-order valence-electron chi connectivity index (χ1n) is 6.70. The molecule has 0 aliphatic carbocycles. The van der Waals surface area contributed by atoms with Crippen LogP contribution in [0.4, 0.5) is 10.5 Å². The van der Waals surface area contributed by atoms with Crippen LogP contribution in [0.1, 0.15) is 17.5 Å². The topological polar surface area (TPSA) is 67.4 Å². The normalized spacial score (nSPS) is 11.6. The molecule has 0 aliphatic rings. The highest BCUT2D eigenvalue weighted by atomic mass is 32.2. The molecule has 0 spiro atoms. The molecule has 1 aromatic carbocycles. The number of amides is 2. The number of carbonyl (C=O) groups is 2. The number of aryl methyl sites for hydroxylation is 1. The number of thioether (sulfide) groups is 1. The molecule has 0 heterocycles. The van der Waals surface area contributed by atoms with Gasteiger partial charge >= 0.3 is 12.0 Å². The summed E-state index contributed by atoms with van der Waals surface area (Å²) in [6.45, 7) is 3.92. The molecule has 2 N–H and O–H groups in total. The number of hydrogen-bond donors (Lipinski definition) is 2. The number of methoxy groups -OCH3 is 1. The lowest BCUT2D eigenvalue weighted by Gasteiger charge is -2.17. The number of esters is 1. The Morgan fingerprint density at radius 3 is 2.67 bits per heavy atom. The second-order valence-electron chi connectivity index (χ2n) is 4.70. The fraction of sp³-hybridized carbons (Fsp3) is 0.467. The maximum Gasteiger partial charge on any atom is 0.328 e. The molecule has 1 atom stereocenters. The molecule has 0 saturated heterocycles. The minimum atomic E-state index is -0.632. The average Bonchev–Trinajstić information content (AvgIpc) is 2.47. The van der Waals surface area contributed by atoms with Gasteiger partial charge in [-0.1, -0.05) is 12.1 Å². The number of anilines is 1. The molecule has 0 fully saturated rings. The van der Waals surface area contributed by atoms with Crippen molar-refractivity contribution in [2.75, 3.05) is 24.4 Å². The zero-order chi connectivity index (χ0) is 15.8. The summed E-state index contributed by atoms with van der Waals surface area (Å²) in [7, 11) is 1.32. The van der Waals surface area contributed by atoms with Crippen molar-refractivity contribution in [2.45, 2.75) is 26.3 Å². The first kappa shape index (κ1) is 17.4. The van der Waals surface area contributed by atoms with E-state index in [-0.39, 0.29) is 0 Å². The highest BCUT2D eigenvalue weighted by Crippen LogP contribution is 2.17. The van der Waals surface area contributed by atoms with Crippen molar-refractivity contribution in [2.24, 2.45) is 0 Å². The van der Waals surface area contributed by atoms with Gasteiger partial charge in [0.1, 0.15) is 6.04 Å². The first-order valence-corrected chi connectivity index (χ1v) is 8.09. The van der Waals surface area contributed by atoms with Crippen molar-refractivity contribution in [1.82, 2.24) is 5.32 Å². The molecule has 6 heteroatoms. The fourth-order valence-corrected chi connectivity index (χ4v) is 2.30. The van der Waals surface area contributed by atoms with Gasteiger partial charge in [-0.15, -0.1) is 0 Å². The van der Waals surface area contributed by atoms with E-state index >= 15 is 0 Å². The third kappa shape index (κ3) is 5.30. The molecule has 0 bridgehead atoms. The average molecular weight is 310 g/mol. The monoisotopic (exact) mass is 310 g/mol. The Labute approximate surface area is 129 Å². The van der Waals surface area contributed by atoms with Crippen LogP contribution in [-0.2, 0) is 9.53 Å². The minimum Gasteiger partial charge on any atom is -0.467 e. The molecule has 0 aromatic heterocycles. The van der Waals surface area contributed by atoms with Crippen LogP contribution in [0.15, 0.2) is 18.2 Å². The smallest absolute Gasteiger partial charge is 0.328 e. The summed E-state index contributed by atoms with van der Waals surface area (Å²) in [6, 6.07) is 4.65. The summed E-state index contributed by atoms with van der Waals surface area (Å²) in [6.07, 6.45) is 2.48. The summed E-state index contributed by atoms with van der Waals surface area (Å²) >= 11 is 1.61. The number of urea groups is 1. The van der Waals surface area contributed by atoms with Crippen LogP contribution >= 0.6 is 11.8 Å². The van der Waals surface area contributed by atoms with E-state index in [1.807, 2.05) is 38.3 Å². The summed E-state index contributed by atoms with van der Waals surface area (Å²) in [5.74, 6) is 0.337. The Morgan fingerprint density at radius 2 is 2.05 bits per heavy atom. The van der Waals surface area contributed by atoms with Gasteiger partial charge in [0, 0.05) is 5.69 Å². The number of nitrogens with one attached hydrogen (secondary N) is 2. The van der Waals surface area contributed by atoms with Gasteiger partial charge in [-0.3, -0.25) is 0 Å². The van der Waals surface area contributed by atoms with Crippen LogP contribution < -0.4 is 10.6 Å². The zero-order valence-corrected chi connectivity index (χ0v) is 13.7. The Bertz CT molecular complexity index is 506. The summed E-state index contributed by atoms with van der Waals surface area (Å²) in [4.78, 5) is 23.7. The highest BCUT2D eigenvalue weighted by Gasteiger charge is 2.21. The summed E-state index contributed by atoms with van der Waals surface area (Å²) in [5.41, 5.74) is 2.84. The second kappa shape index (κ2) is 8.56. The molecular formula is C15H22N2O3S. The predicted octanol–water partition coefficient (Wildman–Crippen LogP) is 2.72. The second-order valence-corrected chi connectivity index (χ2v) is 5.69. The maximum atomic E-state index is 12.0. The first-order chi connectivity index (χ1) is 9.99. The number of benzene rings is 1.